The van der Waals surface area contributed by atoms with E-state index in [9.17, 15) is 13.6 Å². The third kappa shape index (κ3) is 4.25. The van der Waals surface area contributed by atoms with Crippen LogP contribution in [0, 0.1) is 17.5 Å². The average molecular weight is 426 g/mol. The minimum absolute atomic E-state index is 0.0160. The normalized spacial score (nSPS) is 16.3. The molecule has 0 spiro atoms. The highest BCUT2D eigenvalue weighted by atomic mass is 19.1. The van der Waals surface area contributed by atoms with Crippen molar-refractivity contribution >= 4 is 17.3 Å². The van der Waals surface area contributed by atoms with Gasteiger partial charge in [-0.1, -0.05) is 18.2 Å². The SMILES string of the molecule is N[C@@H]1CCCN(c2cnccc2NC(=O)c2cccc(-c3c(F)cccc3F)c2F)C1. The van der Waals surface area contributed by atoms with Crippen LogP contribution in [0.4, 0.5) is 24.5 Å². The predicted octanol–water partition coefficient (Wildman–Crippen LogP) is 4.35. The molecule has 3 aromatic rings. The Kier molecular flexibility index (Phi) is 5.90. The van der Waals surface area contributed by atoms with Crippen molar-refractivity contribution in [1.82, 2.24) is 4.98 Å². The van der Waals surface area contributed by atoms with Crippen LogP contribution < -0.4 is 16.0 Å². The molecule has 0 saturated carbocycles. The number of benzene rings is 2. The molecule has 3 N–H and O–H groups in total. The maximum absolute atomic E-state index is 15.1. The van der Waals surface area contributed by atoms with Crippen LogP contribution in [0.25, 0.3) is 11.1 Å². The number of amides is 1. The van der Waals surface area contributed by atoms with E-state index in [-0.39, 0.29) is 17.2 Å². The molecular formula is C23H21F3N4O. The lowest BCUT2D eigenvalue weighted by Gasteiger charge is -2.33. The minimum atomic E-state index is -1.00. The summed E-state index contributed by atoms with van der Waals surface area (Å²) in [4.78, 5) is 19.0. The lowest BCUT2D eigenvalue weighted by molar-refractivity contribution is 0.102. The largest absolute Gasteiger partial charge is 0.367 e. The van der Waals surface area contributed by atoms with E-state index in [0.29, 0.717) is 17.9 Å². The van der Waals surface area contributed by atoms with E-state index in [0.717, 1.165) is 31.5 Å². The molecule has 1 saturated heterocycles. The summed E-state index contributed by atoms with van der Waals surface area (Å²) in [5.74, 6) is -3.55. The fraction of sp³-hybridized carbons (Fsp3) is 0.217. The summed E-state index contributed by atoms with van der Waals surface area (Å²) in [7, 11) is 0. The molecular weight excluding hydrogens is 405 g/mol. The topological polar surface area (TPSA) is 71.2 Å². The van der Waals surface area contributed by atoms with Gasteiger partial charge in [-0.3, -0.25) is 9.78 Å². The Hall–Kier alpha value is -3.39. The van der Waals surface area contributed by atoms with E-state index in [2.05, 4.69) is 10.3 Å². The number of nitrogens with two attached hydrogens (primary N) is 1. The van der Waals surface area contributed by atoms with Gasteiger partial charge in [0.05, 0.1) is 28.7 Å². The molecule has 0 radical (unpaired) electrons. The van der Waals surface area contributed by atoms with E-state index in [4.69, 9.17) is 5.73 Å². The quantitative estimate of drug-likeness (QED) is 0.651. The molecule has 0 bridgehead atoms. The zero-order chi connectivity index (χ0) is 22.0. The van der Waals surface area contributed by atoms with Crippen molar-refractivity contribution in [1.29, 1.82) is 0 Å². The number of carbonyl (C=O) groups excluding carboxylic acids is 1. The molecule has 1 aliphatic rings. The van der Waals surface area contributed by atoms with Crippen molar-refractivity contribution in [2.45, 2.75) is 18.9 Å². The van der Waals surface area contributed by atoms with Crippen LogP contribution >= 0.6 is 0 Å². The third-order valence-electron chi connectivity index (χ3n) is 5.32. The predicted molar refractivity (Wildman–Crippen MR) is 113 cm³/mol. The van der Waals surface area contributed by atoms with Gasteiger partial charge in [0.15, 0.2) is 0 Å². The number of nitrogens with zero attached hydrogens (tertiary/aromatic N) is 2. The summed E-state index contributed by atoms with van der Waals surface area (Å²) < 4.78 is 43.5. The molecule has 1 aliphatic heterocycles. The highest BCUT2D eigenvalue weighted by molar-refractivity contribution is 6.06. The number of hydrogen-bond donors (Lipinski definition) is 2. The highest BCUT2D eigenvalue weighted by Gasteiger charge is 2.23. The van der Waals surface area contributed by atoms with Crippen molar-refractivity contribution in [2.75, 3.05) is 23.3 Å². The van der Waals surface area contributed by atoms with Gasteiger partial charge in [-0.2, -0.15) is 0 Å². The number of anilines is 2. The van der Waals surface area contributed by atoms with Crippen molar-refractivity contribution in [2.24, 2.45) is 5.73 Å². The molecule has 2 heterocycles. The van der Waals surface area contributed by atoms with E-state index < -0.39 is 28.9 Å². The number of pyridine rings is 1. The molecule has 1 aromatic heterocycles. The molecule has 160 valence electrons. The molecule has 5 nitrogen and oxygen atoms in total. The molecule has 2 aromatic carbocycles. The average Bonchev–Trinajstić information content (AvgIpc) is 2.75. The van der Waals surface area contributed by atoms with Crippen molar-refractivity contribution in [3.8, 4) is 11.1 Å². The minimum Gasteiger partial charge on any atom is -0.367 e. The lowest BCUT2D eigenvalue weighted by Crippen LogP contribution is -2.43. The van der Waals surface area contributed by atoms with Crippen LogP contribution in [-0.2, 0) is 0 Å². The van der Waals surface area contributed by atoms with Crippen molar-refractivity contribution in [3.05, 3.63) is 77.9 Å². The first-order chi connectivity index (χ1) is 15.0. The Morgan fingerprint density at radius 2 is 1.84 bits per heavy atom. The number of piperidine rings is 1. The monoisotopic (exact) mass is 426 g/mol. The maximum atomic E-state index is 15.1. The molecule has 8 heteroatoms. The summed E-state index contributed by atoms with van der Waals surface area (Å²) in [6.07, 6.45) is 4.97. The number of aromatic nitrogens is 1. The number of hydrogen-bond acceptors (Lipinski definition) is 4. The summed E-state index contributed by atoms with van der Waals surface area (Å²) in [5.41, 5.74) is 6.05. The molecule has 1 fully saturated rings. The Balaban J connectivity index is 1.65. The van der Waals surface area contributed by atoms with E-state index in [1.54, 1.807) is 12.3 Å². The first kappa shape index (κ1) is 20.9. The fourth-order valence-corrected chi connectivity index (χ4v) is 3.82. The van der Waals surface area contributed by atoms with Crippen molar-refractivity contribution < 1.29 is 18.0 Å². The number of rotatable bonds is 4. The van der Waals surface area contributed by atoms with Crippen LogP contribution in [0.5, 0.6) is 0 Å². The first-order valence-electron chi connectivity index (χ1n) is 9.94. The number of carbonyl (C=O) groups is 1. The van der Waals surface area contributed by atoms with Crippen LogP contribution in [0.1, 0.15) is 23.2 Å². The van der Waals surface area contributed by atoms with E-state index in [1.807, 2.05) is 4.90 Å². The summed E-state index contributed by atoms with van der Waals surface area (Å²) >= 11 is 0. The van der Waals surface area contributed by atoms with Gasteiger partial charge in [0, 0.05) is 30.9 Å². The second kappa shape index (κ2) is 8.77. The van der Waals surface area contributed by atoms with E-state index in [1.165, 1.54) is 30.5 Å². The number of nitrogens with one attached hydrogen (secondary N) is 1. The van der Waals surface area contributed by atoms with Crippen LogP contribution in [-0.4, -0.2) is 30.0 Å². The molecule has 31 heavy (non-hydrogen) atoms. The number of halogens is 3. The highest BCUT2D eigenvalue weighted by Crippen LogP contribution is 2.31. The van der Waals surface area contributed by atoms with Gasteiger partial charge < -0.3 is 16.0 Å². The summed E-state index contributed by atoms with van der Waals surface area (Å²) in [6.45, 7) is 1.38. The van der Waals surface area contributed by atoms with Gasteiger partial charge in [-0.05, 0) is 37.1 Å². The zero-order valence-corrected chi connectivity index (χ0v) is 16.6. The standard InChI is InChI=1S/C23H21F3N4O/c24-17-7-2-8-18(25)21(17)15-5-1-6-16(22(15)26)23(31)29-19-9-10-28-12-20(19)30-11-3-4-14(27)13-30/h1-2,5-10,12,14H,3-4,11,13,27H2,(H,28,29,31)/t14-/m1/s1. The van der Waals surface area contributed by atoms with Crippen LogP contribution in [0.3, 0.4) is 0 Å². The van der Waals surface area contributed by atoms with Crippen LogP contribution in [0.15, 0.2) is 54.9 Å². The zero-order valence-electron chi connectivity index (χ0n) is 16.6. The molecule has 4 rings (SSSR count). The summed E-state index contributed by atoms with van der Waals surface area (Å²) in [6, 6.07) is 8.80. The Bertz CT molecular complexity index is 1100. The second-order valence-corrected chi connectivity index (χ2v) is 7.46. The molecule has 1 atom stereocenters. The van der Waals surface area contributed by atoms with Gasteiger partial charge in [0.1, 0.15) is 17.5 Å². The van der Waals surface area contributed by atoms with Gasteiger partial charge in [0.25, 0.3) is 5.91 Å². The molecule has 1 amide bonds. The van der Waals surface area contributed by atoms with Gasteiger partial charge >= 0.3 is 0 Å². The van der Waals surface area contributed by atoms with Gasteiger partial charge in [-0.15, -0.1) is 0 Å². The Morgan fingerprint density at radius 3 is 2.58 bits per heavy atom. The fourth-order valence-electron chi connectivity index (χ4n) is 3.82. The second-order valence-electron chi connectivity index (χ2n) is 7.46. The Morgan fingerprint density at radius 1 is 1.10 bits per heavy atom. The van der Waals surface area contributed by atoms with Crippen LogP contribution in [0.2, 0.25) is 0 Å². The summed E-state index contributed by atoms with van der Waals surface area (Å²) in [5, 5.41) is 2.70. The first-order valence-corrected chi connectivity index (χ1v) is 9.94. The smallest absolute Gasteiger partial charge is 0.258 e. The molecule has 0 aliphatic carbocycles. The third-order valence-corrected chi connectivity index (χ3v) is 5.32. The van der Waals surface area contributed by atoms with Gasteiger partial charge in [0.2, 0.25) is 0 Å². The van der Waals surface area contributed by atoms with Gasteiger partial charge in [-0.25, -0.2) is 13.2 Å². The lowest BCUT2D eigenvalue weighted by atomic mass is 10.0. The Labute approximate surface area is 177 Å². The van der Waals surface area contributed by atoms with Crippen molar-refractivity contribution in [3.63, 3.8) is 0 Å². The maximum Gasteiger partial charge on any atom is 0.258 e. The van der Waals surface area contributed by atoms with E-state index >= 15 is 4.39 Å². The molecule has 0 unspecified atom stereocenters.